The van der Waals surface area contributed by atoms with Gasteiger partial charge < -0.3 is 5.32 Å². The first kappa shape index (κ1) is 18.1. The van der Waals surface area contributed by atoms with Gasteiger partial charge >= 0.3 is 0 Å². The Morgan fingerprint density at radius 2 is 1.81 bits per heavy atom. The zero-order valence-electron chi connectivity index (χ0n) is 13.9. The number of nitrogens with zero attached hydrogens (tertiary/aromatic N) is 1. The summed E-state index contributed by atoms with van der Waals surface area (Å²) in [6.07, 6.45) is 0.850. The monoisotopic (exact) mass is 312 g/mol. The smallest absolute Gasteiger partial charge is 0.243 e. The van der Waals surface area contributed by atoms with E-state index in [4.69, 9.17) is 0 Å². The zero-order chi connectivity index (χ0) is 16.2. The first-order valence-corrected chi connectivity index (χ1v) is 8.89. The van der Waals surface area contributed by atoms with Crippen LogP contribution in [0, 0.1) is 5.92 Å². The molecule has 0 amide bonds. The molecular formula is C16H28N2O2S. The molecule has 4 nitrogen and oxygen atoms in total. The molecule has 21 heavy (non-hydrogen) atoms. The predicted molar refractivity (Wildman–Crippen MR) is 87.8 cm³/mol. The number of nitrogens with one attached hydrogen (secondary N) is 1. The second-order valence-corrected chi connectivity index (χ2v) is 8.08. The third kappa shape index (κ3) is 4.53. The van der Waals surface area contributed by atoms with Crippen LogP contribution in [0.1, 0.15) is 45.7 Å². The van der Waals surface area contributed by atoms with Gasteiger partial charge in [-0.15, -0.1) is 0 Å². The molecule has 0 bridgehead atoms. The predicted octanol–water partition coefficient (Wildman–Crippen LogP) is 3.02. The Hall–Kier alpha value is -0.910. The van der Waals surface area contributed by atoms with Gasteiger partial charge in [0.2, 0.25) is 10.0 Å². The van der Waals surface area contributed by atoms with Crippen molar-refractivity contribution >= 4 is 10.0 Å². The van der Waals surface area contributed by atoms with Gasteiger partial charge in [0.05, 0.1) is 4.90 Å². The van der Waals surface area contributed by atoms with E-state index in [1.165, 1.54) is 4.31 Å². The Bertz CT molecular complexity index is 555. The lowest BCUT2D eigenvalue weighted by atomic mass is 10.1. The van der Waals surface area contributed by atoms with Crippen molar-refractivity contribution in [1.82, 2.24) is 9.62 Å². The second-order valence-electron chi connectivity index (χ2n) is 6.08. The molecule has 1 aromatic rings. The van der Waals surface area contributed by atoms with Crippen LogP contribution in [0.2, 0.25) is 0 Å². The van der Waals surface area contributed by atoms with Crippen molar-refractivity contribution in [2.45, 2.75) is 51.1 Å². The van der Waals surface area contributed by atoms with Gasteiger partial charge in [-0.3, -0.25) is 0 Å². The quantitative estimate of drug-likeness (QED) is 0.842. The molecule has 0 fully saturated rings. The number of hydrogen-bond donors (Lipinski definition) is 1. The van der Waals surface area contributed by atoms with Crippen LogP contribution in [-0.4, -0.2) is 32.9 Å². The molecule has 0 saturated carbocycles. The molecule has 0 saturated heterocycles. The van der Waals surface area contributed by atoms with Crippen LogP contribution >= 0.6 is 0 Å². The van der Waals surface area contributed by atoms with Gasteiger partial charge in [0.25, 0.3) is 0 Å². The average molecular weight is 312 g/mol. The molecule has 1 aromatic carbocycles. The minimum absolute atomic E-state index is 0.0135. The fraction of sp³-hybridized carbons (Fsp3) is 0.625. The summed E-state index contributed by atoms with van der Waals surface area (Å²) in [7, 11) is 0.0845. The van der Waals surface area contributed by atoms with Crippen molar-refractivity contribution in [3.8, 4) is 0 Å². The van der Waals surface area contributed by atoms with E-state index in [1.54, 1.807) is 25.2 Å². The van der Waals surface area contributed by atoms with Gasteiger partial charge in [-0.05, 0) is 50.9 Å². The molecule has 1 rings (SSSR count). The van der Waals surface area contributed by atoms with Crippen molar-refractivity contribution in [2.24, 2.45) is 5.92 Å². The van der Waals surface area contributed by atoms with Crippen LogP contribution in [-0.2, 0) is 10.0 Å². The number of rotatable bonds is 7. The van der Waals surface area contributed by atoms with E-state index in [0.717, 1.165) is 12.0 Å². The van der Waals surface area contributed by atoms with Gasteiger partial charge in [-0.1, -0.05) is 26.0 Å². The number of hydrogen-bond acceptors (Lipinski definition) is 3. The molecule has 0 aliphatic heterocycles. The molecule has 0 heterocycles. The molecule has 1 N–H and O–H groups in total. The highest BCUT2D eigenvalue weighted by Gasteiger charge is 2.26. The van der Waals surface area contributed by atoms with Crippen molar-refractivity contribution in [1.29, 1.82) is 0 Å². The summed E-state index contributed by atoms with van der Waals surface area (Å²) in [6.45, 7) is 8.17. The maximum absolute atomic E-state index is 12.7. The third-order valence-corrected chi connectivity index (χ3v) is 5.87. The highest BCUT2D eigenvalue weighted by atomic mass is 32.2. The maximum atomic E-state index is 12.7. The SMILES string of the molecule is CNC(C)c1cccc(S(=O)(=O)N(C)C(C)CC(C)C)c1. The Morgan fingerprint density at radius 1 is 1.19 bits per heavy atom. The zero-order valence-corrected chi connectivity index (χ0v) is 14.7. The summed E-state index contributed by atoms with van der Waals surface area (Å²) in [5.41, 5.74) is 0.975. The van der Waals surface area contributed by atoms with E-state index in [-0.39, 0.29) is 12.1 Å². The Balaban J connectivity index is 3.07. The molecule has 0 aliphatic rings. The molecule has 0 aliphatic carbocycles. The van der Waals surface area contributed by atoms with Crippen LogP contribution in [0.25, 0.3) is 0 Å². The standard InChI is InChI=1S/C16H28N2O2S/c1-12(2)10-13(3)18(6)21(19,20)16-9-7-8-15(11-16)14(4)17-5/h7-9,11-14,17H,10H2,1-6H3. The molecule has 0 spiro atoms. The van der Waals surface area contributed by atoms with Crippen LogP contribution in [0.3, 0.4) is 0 Å². The van der Waals surface area contributed by atoms with E-state index in [2.05, 4.69) is 19.2 Å². The van der Waals surface area contributed by atoms with Gasteiger partial charge in [0.1, 0.15) is 0 Å². The lowest BCUT2D eigenvalue weighted by Gasteiger charge is -2.26. The summed E-state index contributed by atoms with van der Waals surface area (Å²) < 4.78 is 26.9. The van der Waals surface area contributed by atoms with Crippen molar-refractivity contribution < 1.29 is 8.42 Å². The van der Waals surface area contributed by atoms with E-state index in [1.807, 2.05) is 27.0 Å². The minimum Gasteiger partial charge on any atom is -0.313 e. The topological polar surface area (TPSA) is 49.4 Å². The summed E-state index contributed by atoms with van der Waals surface area (Å²) >= 11 is 0. The van der Waals surface area contributed by atoms with Crippen LogP contribution in [0.15, 0.2) is 29.2 Å². The fourth-order valence-corrected chi connectivity index (χ4v) is 3.77. The summed E-state index contributed by atoms with van der Waals surface area (Å²) in [4.78, 5) is 0.361. The van der Waals surface area contributed by atoms with Crippen LogP contribution in [0.5, 0.6) is 0 Å². The normalized spacial score (nSPS) is 15.4. The highest BCUT2D eigenvalue weighted by molar-refractivity contribution is 7.89. The summed E-state index contributed by atoms with van der Waals surface area (Å²) in [6, 6.07) is 7.28. The fourth-order valence-electron chi connectivity index (χ4n) is 2.34. The van der Waals surface area contributed by atoms with Crippen LogP contribution < -0.4 is 5.32 Å². The third-order valence-electron chi connectivity index (χ3n) is 3.90. The van der Waals surface area contributed by atoms with Gasteiger partial charge in [-0.2, -0.15) is 4.31 Å². The largest absolute Gasteiger partial charge is 0.313 e. The first-order valence-electron chi connectivity index (χ1n) is 7.45. The molecule has 5 heteroatoms. The number of benzene rings is 1. The van der Waals surface area contributed by atoms with Crippen molar-refractivity contribution in [3.63, 3.8) is 0 Å². The minimum atomic E-state index is -3.44. The molecule has 0 radical (unpaired) electrons. The highest BCUT2D eigenvalue weighted by Crippen LogP contribution is 2.22. The Labute approximate surface area is 129 Å². The number of sulfonamides is 1. The first-order chi connectivity index (χ1) is 9.70. The van der Waals surface area contributed by atoms with Gasteiger partial charge in [-0.25, -0.2) is 8.42 Å². The van der Waals surface area contributed by atoms with Crippen molar-refractivity contribution in [2.75, 3.05) is 14.1 Å². The second kappa shape index (κ2) is 7.38. The van der Waals surface area contributed by atoms with E-state index in [9.17, 15) is 8.42 Å². The van der Waals surface area contributed by atoms with Gasteiger partial charge in [0.15, 0.2) is 0 Å². The Kier molecular flexibility index (Phi) is 6.38. The molecular weight excluding hydrogens is 284 g/mol. The molecule has 2 atom stereocenters. The van der Waals surface area contributed by atoms with E-state index >= 15 is 0 Å². The van der Waals surface area contributed by atoms with Gasteiger partial charge in [0, 0.05) is 19.1 Å². The lowest BCUT2D eigenvalue weighted by Crippen LogP contribution is -2.36. The van der Waals surface area contributed by atoms with E-state index < -0.39 is 10.0 Å². The van der Waals surface area contributed by atoms with E-state index in [0.29, 0.717) is 10.8 Å². The summed E-state index contributed by atoms with van der Waals surface area (Å²) in [5.74, 6) is 0.466. The summed E-state index contributed by atoms with van der Waals surface area (Å²) in [5, 5.41) is 3.13. The van der Waals surface area contributed by atoms with Crippen molar-refractivity contribution in [3.05, 3.63) is 29.8 Å². The Morgan fingerprint density at radius 3 is 2.33 bits per heavy atom. The molecule has 0 aromatic heterocycles. The molecule has 120 valence electrons. The lowest BCUT2D eigenvalue weighted by molar-refractivity contribution is 0.338. The maximum Gasteiger partial charge on any atom is 0.243 e. The van der Waals surface area contributed by atoms with Crippen LogP contribution in [0.4, 0.5) is 0 Å². The average Bonchev–Trinajstić information content (AvgIpc) is 2.44. The molecule has 2 unspecified atom stereocenters.